The van der Waals surface area contributed by atoms with E-state index in [1.54, 1.807) is 24.3 Å². The van der Waals surface area contributed by atoms with Gasteiger partial charge in [-0.15, -0.1) is 0 Å². The highest BCUT2D eigenvalue weighted by molar-refractivity contribution is 5.94. The first-order chi connectivity index (χ1) is 18.2. The van der Waals surface area contributed by atoms with Crippen LogP contribution >= 0.6 is 0 Å². The molecule has 3 rings (SSSR count). The van der Waals surface area contributed by atoms with Crippen molar-refractivity contribution in [2.24, 2.45) is 5.73 Å². The molecule has 11 nitrogen and oxygen atoms in total. The Morgan fingerprint density at radius 1 is 0.816 bits per heavy atom. The molecule has 0 saturated heterocycles. The first kappa shape index (κ1) is 28.1. The number of imidazole rings is 1. The van der Waals surface area contributed by atoms with Crippen molar-refractivity contribution in [2.45, 2.75) is 50.4 Å². The molecular formula is C27H32N6O5. The molecule has 38 heavy (non-hydrogen) atoms. The van der Waals surface area contributed by atoms with Crippen molar-refractivity contribution in [1.29, 1.82) is 0 Å². The van der Waals surface area contributed by atoms with E-state index in [4.69, 9.17) is 5.73 Å². The third kappa shape index (κ3) is 8.56. The molecule has 0 aliphatic rings. The maximum Gasteiger partial charge on any atom is 0.325 e. The van der Waals surface area contributed by atoms with Crippen molar-refractivity contribution in [3.63, 3.8) is 0 Å². The Kier molecular flexibility index (Phi) is 10.1. The monoisotopic (exact) mass is 520 g/mol. The number of amides is 3. The zero-order chi connectivity index (χ0) is 27.5. The second kappa shape index (κ2) is 13.7. The molecule has 200 valence electrons. The lowest BCUT2D eigenvalue weighted by Gasteiger charge is -2.25. The smallest absolute Gasteiger partial charge is 0.325 e. The summed E-state index contributed by atoms with van der Waals surface area (Å²) in [4.78, 5) is 57.4. The van der Waals surface area contributed by atoms with E-state index in [0.29, 0.717) is 5.69 Å². The average Bonchev–Trinajstić information content (AvgIpc) is 3.42. The lowest BCUT2D eigenvalue weighted by atomic mass is 10.0. The molecule has 0 saturated carbocycles. The van der Waals surface area contributed by atoms with E-state index in [0.717, 1.165) is 11.1 Å². The number of aliphatic carboxylic acids is 1. The molecule has 3 amide bonds. The molecule has 3 aromatic rings. The summed E-state index contributed by atoms with van der Waals surface area (Å²) < 4.78 is 0. The van der Waals surface area contributed by atoms with E-state index in [2.05, 4.69) is 25.9 Å². The summed E-state index contributed by atoms with van der Waals surface area (Å²) >= 11 is 0. The summed E-state index contributed by atoms with van der Waals surface area (Å²) in [6, 6.07) is 14.0. The van der Waals surface area contributed by atoms with Crippen molar-refractivity contribution in [2.75, 3.05) is 0 Å². The van der Waals surface area contributed by atoms with Gasteiger partial charge in [0, 0.05) is 24.7 Å². The lowest BCUT2D eigenvalue weighted by Crippen LogP contribution is -2.58. The van der Waals surface area contributed by atoms with Gasteiger partial charge in [-0.1, -0.05) is 60.7 Å². The molecule has 1 aromatic heterocycles. The van der Waals surface area contributed by atoms with Gasteiger partial charge < -0.3 is 31.8 Å². The number of nitrogens with two attached hydrogens (primary N) is 1. The van der Waals surface area contributed by atoms with Crippen LogP contribution in [-0.2, 0) is 38.4 Å². The highest BCUT2D eigenvalue weighted by atomic mass is 16.4. The number of rotatable bonds is 13. The largest absolute Gasteiger partial charge is 0.480 e. The summed E-state index contributed by atoms with van der Waals surface area (Å²) in [5, 5.41) is 17.0. The molecule has 0 aliphatic carbocycles. The van der Waals surface area contributed by atoms with Crippen LogP contribution in [0.4, 0.5) is 0 Å². The Morgan fingerprint density at radius 2 is 1.34 bits per heavy atom. The van der Waals surface area contributed by atoms with Gasteiger partial charge in [-0.05, 0) is 24.5 Å². The van der Waals surface area contributed by atoms with Crippen molar-refractivity contribution in [3.8, 4) is 0 Å². The zero-order valence-corrected chi connectivity index (χ0v) is 21.0. The van der Waals surface area contributed by atoms with Crippen LogP contribution in [-0.4, -0.2) is 62.9 Å². The SMILES string of the molecule is CC(NC(=O)C(Cc1ccccc1)NC(=O)C(Cc1cnc[nH]1)NC(=O)C(N)Cc1ccccc1)C(=O)O. The van der Waals surface area contributed by atoms with Gasteiger partial charge in [0.25, 0.3) is 0 Å². The number of carboxylic acids is 1. The molecule has 0 aliphatic heterocycles. The van der Waals surface area contributed by atoms with Crippen LogP contribution in [0.5, 0.6) is 0 Å². The number of aromatic nitrogens is 2. The molecule has 7 N–H and O–H groups in total. The molecule has 0 spiro atoms. The summed E-state index contributed by atoms with van der Waals surface area (Å²) in [5.74, 6) is -3.03. The summed E-state index contributed by atoms with van der Waals surface area (Å²) in [6.07, 6.45) is 3.44. The van der Waals surface area contributed by atoms with Crippen LogP contribution in [0.25, 0.3) is 0 Å². The van der Waals surface area contributed by atoms with Crippen molar-refractivity contribution < 1.29 is 24.3 Å². The molecule has 1 heterocycles. The minimum absolute atomic E-state index is 0.0703. The Balaban J connectivity index is 1.76. The zero-order valence-electron chi connectivity index (χ0n) is 21.0. The molecule has 2 aromatic carbocycles. The average molecular weight is 521 g/mol. The van der Waals surface area contributed by atoms with Crippen LogP contribution in [0.15, 0.2) is 73.2 Å². The number of hydrogen-bond donors (Lipinski definition) is 6. The third-order valence-corrected chi connectivity index (χ3v) is 5.89. The Hall–Kier alpha value is -4.51. The van der Waals surface area contributed by atoms with Gasteiger partial charge in [-0.3, -0.25) is 19.2 Å². The van der Waals surface area contributed by atoms with Gasteiger partial charge in [-0.2, -0.15) is 0 Å². The van der Waals surface area contributed by atoms with E-state index in [1.807, 2.05) is 36.4 Å². The van der Waals surface area contributed by atoms with Crippen LogP contribution < -0.4 is 21.7 Å². The number of carboxylic acid groups (broad SMARTS) is 1. The molecular weight excluding hydrogens is 488 g/mol. The van der Waals surface area contributed by atoms with Gasteiger partial charge in [0.1, 0.15) is 18.1 Å². The third-order valence-electron chi connectivity index (χ3n) is 5.89. The summed E-state index contributed by atoms with van der Waals surface area (Å²) in [7, 11) is 0. The van der Waals surface area contributed by atoms with Crippen molar-refractivity contribution in [1.82, 2.24) is 25.9 Å². The maximum absolute atomic E-state index is 13.4. The second-order valence-electron chi connectivity index (χ2n) is 8.96. The predicted molar refractivity (Wildman–Crippen MR) is 140 cm³/mol. The fourth-order valence-electron chi connectivity index (χ4n) is 3.77. The molecule has 0 bridgehead atoms. The summed E-state index contributed by atoms with van der Waals surface area (Å²) in [5.41, 5.74) is 8.34. The normalized spacial score (nSPS) is 13.9. The second-order valence-corrected chi connectivity index (χ2v) is 8.96. The number of H-pyrrole nitrogens is 1. The number of carbonyl (C=O) groups is 4. The van der Waals surface area contributed by atoms with Crippen LogP contribution in [0.3, 0.4) is 0 Å². The number of carbonyl (C=O) groups excluding carboxylic acids is 3. The quantitative estimate of drug-likeness (QED) is 0.188. The van der Waals surface area contributed by atoms with Gasteiger partial charge >= 0.3 is 5.97 Å². The highest BCUT2D eigenvalue weighted by Crippen LogP contribution is 2.07. The molecule has 4 unspecified atom stereocenters. The van der Waals surface area contributed by atoms with Crippen molar-refractivity contribution in [3.05, 3.63) is 90.0 Å². The topological polar surface area (TPSA) is 179 Å². The Labute approximate surface area is 220 Å². The van der Waals surface area contributed by atoms with E-state index < -0.39 is 47.9 Å². The Morgan fingerprint density at radius 3 is 1.89 bits per heavy atom. The van der Waals surface area contributed by atoms with E-state index in [1.165, 1.54) is 19.4 Å². The summed E-state index contributed by atoms with van der Waals surface area (Å²) in [6.45, 7) is 1.33. The van der Waals surface area contributed by atoms with Gasteiger partial charge in [-0.25, -0.2) is 4.98 Å². The standard InChI is InChI=1S/C27H32N6O5/c1-17(27(37)38)31-25(35)22(13-19-10-6-3-7-11-19)33-26(36)23(14-20-15-29-16-30-20)32-24(34)21(28)12-18-8-4-2-5-9-18/h2-11,15-17,21-23H,12-14,28H2,1H3,(H,29,30)(H,31,35)(H,32,34)(H,33,36)(H,37,38). The fourth-order valence-corrected chi connectivity index (χ4v) is 3.77. The lowest BCUT2D eigenvalue weighted by molar-refractivity contribution is -0.141. The molecule has 0 fully saturated rings. The minimum Gasteiger partial charge on any atom is -0.480 e. The number of aromatic amines is 1. The predicted octanol–water partition coefficient (Wildman–Crippen LogP) is 0.324. The molecule has 4 atom stereocenters. The van der Waals surface area contributed by atoms with Gasteiger partial charge in [0.2, 0.25) is 17.7 Å². The Bertz CT molecular complexity index is 1200. The van der Waals surface area contributed by atoms with E-state index >= 15 is 0 Å². The van der Waals surface area contributed by atoms with Gasteiger partial charge in [0.05, 0.1) is 12.4 Å². The van der Waals surface area contributed by atoms with Crippen molar-refractivity contribution >= 4 is 23.7 Å². The van der Waals surface area contributed by atoms with Crippen LogP contribution in [0.1, 0.15) is 23.7 Å². The highest BCUT2D eigenvalue weighted by Gasteiger charge is 2.30. The van der Waals surface area contributed by atoms with Crippen LogP contribution in [0.2, 0.25) is 0 Å². The number of hydrogen-bond acceptors (Lipinski definition) is 6. The first-order valence-electron chi connectivity index (χ1n) is 12.2. The number of benzene rings is 2. The van der Waals surface area contributed by atoms with E-state index in [9.17, 15) is 24.3 Å². The maximum atomic E-state index is 13.4. The first-order valence-corrected chi connectivity index (χ1v) is 12.2. The number of nitrogens with one attached hydrogen (secondary N) is 4. The fraction of sp³-hybridized carbons (Fsp3) is 0.296. The molecule has 0 radical (unpaired) electrons. The van der Waals surface area contributed by atoms with Crippen LogP contribution in [0, 0.1) is 0 Å². The number of nitrogens with zero attached hydrogens (tertiary/aromatic N) is 1. The molecule has 11 heteroatoms. The van der Waals surface area contributed by atoms with E-state index in [-0.39, 0.29) is 19.3 Å². The van der Waals surface area contributed by atoms with Gasteiger partial charge in [0.15, 0.2) is 0 Å². The minimum atomic E-state index is -1.21.